The number of phosphoric acid groups is 1. The number of hydrogen-bond acceptors (Lipinski definition) is 9. The number of aliphatic hydroxyl groups excluding tert-OH is 1. The van der Waals surface area contributed by atoms with Crippen molar-refractivity contribution in [2.24, 2.45) is 0 Å². The number of H-pyrrole nitrogens is 2. The molecule has 0 spiro atoms. The molecular formula is C30H31N2O9P. The summed E-state index contributed by atoms with van der Waals surface area (Å²) in [5.74, 6) is -1.02. The van der Waals surface area contributed by atoms with Gasteiger partial charge in [-0.2, -0.15) is 0 Å². The van der Waals surface area contributed by atoms with E-state index in [4.69, 9.17) is 27.8 Å². The van der Waals surface area contributed by atoms with Crippen molar-refractivity contribution in [2.45, 2.75) is 38.6 Å². The summed E-state index contributed by atoms with van der Waals surface area (Å²) >= 11 is 0. The second-order valence-corrected chi connectivity index (χ2v) is 10.9. The number of benzene rings is 2. The van der Waals surface area contributed by atoms with E-state index in [-0.39, 0.29) is 37.9 Å². The number of carbonyl (C=O) groups excluding carboxylic acids is 1. The summed E-state index contributed by atoms with van der Waals surface area (Å²) in [6.07, 6.45) is 0.776. The Morgan fingerprint density at radius 2 is 1.31 bits per heavy atom. The first-order valence-electron chi connectivity index (χ1n) is 13.2. The SMILES string of the molecule is O=C1OC(C(CO)OP(=O)(OCc2ccccc2)OCc2ccccc2)C(OCc2ccc[nH]2)=C1OCc1ccc[nH]1. The molecule has 0 saturated heterocycles. The number of esters is 1. The Balaban J connectivity index is 1.38. The Labute approximate surface area is 242 Å². The average Bonchev–Trinajstić information content (AvgIpc) is 3.80. The topological polar surface area (TPSA) is 141 Å². The summed E-state index contributed by atoms with van der Waals surface area (Å²) in [5, 5.41) is 10.4. The first kappa shape index (κ1) is 29.4. The van der Waals surface area contributed by atoms with Gasteiger partial charge in [0.15, 0.2) is 11.9 Å². The fourth-order valence-electron chi connectivity index (χ4n) is 4.10. The summed E-state index contributed by atoms with van der Waals surface area (Å²) < 4.78 is 48.5. The van der Waals surface area contributed by atoms with E-state index >= 15 is 0 Å². The van der Waals surface area contributed by atoms with E-state index in [0.29, 0.717) is 11.4 Å². The van der Waals surface area contributed by atoms with E-state index in [1.54, 1.807) is 60.9 Å². The van der Waals surface area contributed by atoms with Crippen LogP contribution in [0, 0.1) is 0 Å². The van der Waals surface area contributed by atoms with Crippen molar-refractivity contribution in [3.8, 4) is 0 Å². The van der Waals surface area contributed by atoms with E-state index in [1.165, 1.54) is 0 Å². The highest BCUT2D eigenvalue weighted by Crippen LogP contribution is 2.53. The standard InChI is InChI=1S/C30H31N2O9P/c33-17-26(41-42(35,38-18-22-9-3-1-4-10-22)39-19-23-11-5-2-6-12-23)27-28(36-20-24-13-7-15-31-24)29(30(34)40-27)37-21-25-14-8-16-32-25/h1-16,26-27,31-33H,17-21H2. The molecule has 0 aliphatic carbocycles. The molecule has 2 aromatic carbocycles. The van der Waals surface area contributed by atoms with Crippen LogP contribution in [0.25, 0.3) is 0 Å². The smallest absolute Gasteiger partial charge is 0.475 e. The molecule has 2 unspecified atom stereocenters. The van der Waals surface area contributed by atoms with Gasteiger partial charge in [-0.3, -0.25) is 13.6 Å². The van der Waals surface area contributed by atoms with Crippen LogP contribution in [0.2, 0.25) is 0 Å². The second kappa shape index (κ2) is 14.2. The minimum atomic E-state index is -4.34. The van der Waals surface area contributed by atoms with E-state index in [0.717, 1.165) is 11.1 Å². The molecule has 1 aliphatic rings. The zero-order valence-corrected chi connectivity index (χ0v) is 23.5. The van der Waals surface area contributed by atoms with Crippen LogP contribution in [0.1, 0.15) is 22.5 Å². The summed E-state index contributed by atoms with van der Waals surface area (Å²) in [6.45, 7) is -0.818. The average molecular weight is 595 g/mol. The van der Waals surface area contributed by atoms with Crippen LogP contribution in [0.5, 0.6) is 0 Å². The molecule has 3 heterocycles. The third kappa shape index (κ3) is 7.79. The van der Waals surface area contributed by atoms with E-state index in [9.17, 15) is 14.5 Å². The van der Waals surface area contributed by atoms with Crippen molar-refractivity contribution in [3.05, 3.63) is 131 Å². The molecule has 12 heteroatoms. The Bertz CT molecular complexity index is 1430. The van der Waals surface area contributed by atoms with Crippen LogP contribution in [0.15, 0.2) is 109 Å². The summed E-state index contributed by atoms with van der Waals surface area (Å²) in [4.78, 5) is 19.0. The van der Waals surface area contributed by atoms with Crippen LogP contribution >= 0.6 is 7.82 Å². The molecule has 0 amide bonds. The van der Waals surface area contributed by atoms with Gasteiger partial charge in [0.1, 0.15) is 19.3 Å². The van der Waals surface area contributed by atoms with E-state index in [1.807, 2.05) is 36.4 Å². The van der Waals surface area contributed by atoms with Gasteiger partial charge >= 0.3 is 13.8 Å². The maximum atomic E-state index is 14.0. The summed E-state index contributed by atoms with van der Waals surface area (Å²) in [7, 11) is -4.34. The third-order valence-electron chi connectivity index (χ3n) is 6.23. The van der Waals surface area contributed by atoms with E-state index in [2.05, 4.69) is 9.97 Å². The molecule has 42 heavy (non-hydrogen) atoms. The molecule has 4 aromatic rings. The summed E-state index contributed by atoms with van der Waals surface area (Å²) in [5.41, 5.74) is 2.89. The number of cyclic esters (lactones) is 1. The minimum Gasteiger partial charge on any atom is -0.484 e. The van der Waals surface area contributed by atoms with Gasteiger partial charge in [-0.1, -0.05) is 60.7 Å². The highest BCUT2D eigenvalue weighted by atomic mass is 31.2. The number of phosphoric ester groups is 1. The fourth-order valence-corrected chi connectivity index (χ4v) is 5.42. The molecule has 2 atom stereocenters. The predicted octanol–water partition coefficient (Wildman–Crippen LogP) is 5.13. The molecule has 1 aliphatic heterocycles. The Morgan fingerprint density at radius 1 is 0.762 bits per heavy atom. The van der Waals surface area contributed by atoms with Gasteiger partial charge in [-0.05, 0) is 35.4 Å². The number of ether oxygens (including phenoxy) is 3. The van der Waals surface area contributed by atoms with Gasteiger partial charge in [0.05, 0.1) is 31.2 Å². The molecule has 11 nitrogen and oxygen atoms in total. The lowest BCUT2D eigenvalue weighted by Crippen LogP contribution is -2.35. The van der Waals surface area contributed by atoms with Crippen molar-refractivity contribution in [2.75, 3.05) is 6.61 Å². The van der Waals surface area contributed by atoms with Gasteiger partial charge < -0.3 is 29.3 Å². The van der Waals surface area contributed by atoms with Gasteiger partial charge in [-0.15, -0.1) is 0 Å². The molecule has 5 rings (SSSR count). The number of rotatable bonds is 16. The van der Waals surface area contributed by atoms with Crippen LogP contribution in [-0.2, 0) is 63.6 Å². The van der Waals surface area contributed by atoms with Crippen molar-refractivity contribution in [3.63, 3.8) is 0 Å². The zero-order chi connectivity index (χ0) is 29.2. The molecular weight excluding hydrogens is 563 g/mol. The lowest BCUT2D eigenvalue weighted by atomic mass is 10.2. The maximum Gasteiger partial charge on any atom is 0.475 e. The lowest BCUT2D eigenvalue weighted by molar-refractivity contribution is -0.148. The van der Waals surface area contributed by atoms with Crippen molar-refractivity contribution in [1.82, 2.24) is 9.97 Å². The third-order valence-corrected chi connectivity index (χ3v) is 7.65. The van der Waals surface area contributed by atoms with Crippen LogP contribution in [-0.4, -0.2) is 39.9 Å². The predicted molar refractivity (Wildman–Crippen MR) is 150 cm³/mol. The monoisotopic (exact) mass is 594 g/mol. The molecule has 0 fully saturated rings. The molecule has 0 bridgehead atoms. The number of aromatic amines is 2. The zero-order valence-electron chi connectivity index (χ0n) is 22.6. The Hall–Kier alpha value is -4.12. The van der Waals surface area contributed by atoms with Crippen molar-refractivity contribution >= 4 is 13.8 Å². The maximum absolute atomic E-state index is 14.0. The summed E-state index contributed by atoms with van der Waals surface area (Å²) in [6, 6.07) is 25.3. The lowest BCUT2D eigenvalue weighted by Gasteiger charge is -2.27. The first-order chi connectivity index (χ1) is 20.5. The van der Waals surface area contributed by atoms with Crippen LogP contribution in [0.3, 0.4) is 0 Å². The number of aliphatic hydroxyl groups is 1. The van der Waals surface area contributed by atoms with E-state index < -0.39 is 32.6 Å². The van der Waals surface area contributed by atoms with Crippen LogP contribution in [0.4, 0.5) is 0 Å². The van der Waals surface area contributed by atoms with Gasteiger partial charge in [0.25, 0.3) is 0 Å². The van der Waals surface area contributed by atoms with Gasteiger partial charge in [-0.25, -0.2) is 9.36 Å². The number of carbonyl (C=O) groups is 1. The molecule has 2 aromatic heterocycles. The largest absolute Gasteiger partial charge is 0.484 e. The van der Waals surface area contributed by atoms with Crippen LogP contribution < -0.4 is 0 Å². The highest BCUT2D eigenvalue weighted by molar-refractivity contribution is 7.48. The normalized spacial score (nSPS) is 15.9. The quantitative estimate of drug-likeness (QED) is 0.119. The first-order valence-corrected chi connectivity index (χ1v) is 14.7. The second-order valence-electron chi connectivity index (χ2n) is 9.28. The van der Waals surface area contributed by atoms with Crippen molar-refractivity contribution in [1.29, 1.82) is 0 Å². The highest BCUT2D eigenvalue weighted by Gasteiger charge is 2.46. The minimum absolute atomic E-state index is 0.0159. The van der Waals surface area contributed by atoms with Crippen molar-refractivity contribution < 1.29 is 42.2 Å². The molecule has 220 valence electrons. The fraction of sp³-hybridized carbons (Fsp3) is 0.233. The van der Waals surface area contributed by atoms with Gasteiger partial charge in [0, 0.05) is 12.4 Å². The molecule has 3 N–H and O–H groups in total. The number of aromatic nitrogens is 2. The Morgan fingerprint density at radius 3 is 1.81 bits per heavy atom. The number of hydrogen-bond donors (Lipinski definition) is 3. The molecule has 0 saturated carbocycles. The van der Waals surface area contributed by atoms with Gasteiger partial charge in [0.2, 0.25) is 5.76 Å². The molecule has 0 radical (unpaired) electrons. The number of nitrogens with one attached hydrogen (secondary N) is 2. The Kier molecular flexibility index (Phi) is 9.91.